The monoisotopic (exact) mass is 251 g/mol. The van der Waals surface area contributed by atoms with Crippen molar-refractivity contribution in [2.75, 3.05) is 18.1 Å². The molecule has 1 aliphatic rings. The van der Waals surface area contributed by atoms with Crippen molar-refractivity contribution in [1.82, 2.24) is 0 Å². The Hall–Kier alpha value is -1.46. The van der Waals surface area contributed by atoms with Gasteiger partial charge in [0.1, 0.15) is 5.75 Å². The molecule has 4 nitrogen and oxygen atoms in total. The van der Waals surface area contributed by atoms with E-state index < -0.39 is 0 Å². The maximum Gasteiger partial charge on any atom is 0.155 e. The number of aliphatic hydroxyl groups excluding tert-OH is 1. The number of hydrogen-bond donors (Lipinski definition) is 2. The average Bonchev–Trinajstić information content (AvgIpc) is 2.57. The third kappa shape index (κ3) is 2.45. The van der Waals surface area contributed by atoms with Crippen LogP contribution in [0.25, 0.3) is 0 Å². The number of aliphatic hydroxyl groups is 1. The van der Waals surface area contributed by atoms with Gasteiger partial charge in [0.05, 0.1) is 17.3 Å². The van der Waals surface area contributed by atoms with Crippen molar-refractivity contribution in [3.8, 4) is 5.75 Å². The van der Waals surface area contributed by atoms with E-state index in [-0.39, 0.29) is 18.1 Å². The number of ketones is 1. The number of benzene rings is 1. The minimum absolute atomic E-state index is 0.00903. The van der Waals surface area contributed by atoms with E-state index in [0.717, 1.165) is 15.6 Å². The van der Waals surface area contributed by atoms with Crippen molar-refractivity contribution in [1.29, 1.82) is 0 Å². The lowest BCUT2D eigenvalue weighted by atomic mass is 10.2. The normalized spacial score (nSPS) is 16.4. The third-order valence-electron chi connectivity index (χ3n) is 2.36. The summed E-state index contributed by atoms with van der Waals surface area (Å²) in [5.41, 5.74) is 0.830. The number of thioether (sulfide) groups is 1. The predicted molar refractivity (Wildman–Crippen MR) is 67.2 cm³/mol. The zero-order valence-electron chi connectivity index (χ0n) is 9.38. The van der Waals surface area contributed by atoms with Crippen LogP contribution >= 0.6 is 11.8 Å². The maximum atomic E-state index is 11.1. The standard InChI is InChI=1S/C12H13NO3S/c1-8(15)6-12-13(4-5-14)10-7-9(16)2-3-11(10)17-12/h2-3,6-7,14,16H,4-5H2,1H3. The Kier molecular flexibility index (Phi) is 3.40. The number of hydrogen-bond acceptors (Lipinski definition) is 5. The molecule has 0 bridgehead atoms. The van der Waals surface area contributed by atoms with Crippen LogP contribution in [0.15, 0.2) is 34.2 Å². The number of anilines is 1. The summed E-state index contributed by atoms with van der Waals surface area (Å²) in [4.78, 5) is 13.9. The first-order valence-corrected chi connectivity index (χ1v) is 6.05. The molecule has 0 spiro atoms. The Morgan fingerprint density at radius 2 is 2.29 bits per heavy atom. The van der Waals surface area contributed by atoms with Crippen LogP contribution in [0.5, 0.6) is 5.75 Å². The number of carbonyl (C=O) groups is 1. The number of fused-ring (bicyclic) bond motifs is 1. The lowest BCUT2D eigenvalue weighted by Crippen LogP contribution is -2.22. The van der Waals surface area contributed by atoms with Gasteiger partial charge in [0.25, 0.3) is 0 Å². The second-order valence-corrected chi connectivity index (χ2v) is 4.78. The Morgan fingerprint density at radius 1 is 1.53 bits per heavy atom. The minimum atomic E-state index is -0.0348. The van der Waals surface area contributed by atoms with Gasteiger partial charge in [0.2, 0.25) is 0 Å². The molecule has 5 heteroatoms. The highest BCUT2D eigenvalue weighted by atomic mass is 32.2. The Morgan fingerprint density at radius 3 is 2.94 bits per heavy atom. The van der Waals surface area contributed by atoms with Gasteiger partial charge in [-0.2, -0.15) is 0 Å². The van der Waals surface area contributed by atoms with Gasteiger partial charge in [0, 0.05) is 23.6 Å². The molecule has 0 amide bonds. The molecule has 17 heavy (non-hydrogen) atoms. The van der Waals surface area contributed by atoms with Crippen molar-refractivity contribution in [3.05, 3.63) is 29.3 Å². The molecule has 1 aromatic rings. The number of rotatable bonds is 3. The van der Waals surface area contributed by atoms with Gasteiger partial charge in [0.15, 0.2) is 5.78 Å². The van der Waals surface area contributed by atoms with Crippen molar-refractivity contribution in [2.45, 2.75) is 11.8 Å². The molecule has 0 aromatic heterocycles. The van der Waals surface area contributed by atoms with Crippen LogP contribution in [0.3, 0.4) is 0 Å². The Balaban J connectivity index is 2.41. The first-order chi connectivity index (χ1) is 8.11. The summed E-state index contributed by atoms with van der Waals surface area (Å²) in [5.74, 6) is 0.142. The van der Waals surface area contributed by atoms with E-state index in [1.54, 1.807) is 18.2 Å². The highest BCUT2D eigenvalue weighted by Gasteiger charge is 2.25. The van der Waals surface area contributed by atoms with Crippen molar-refractivity contribution < 1.29 is 15.0 Å². The maximum absolute atomic E-state index is 11.1. The molecule has 90 valence electrons. The second-order valence-electron chi connectivity index (χ2n) is 3.72. The zero-order chi connectivity index (χ0) is 12.4. The molecule has 0 aliphatic carbocycles. The van der Waals surface area contributed by atoms with Gasteiger partial charge >= 0.3 is 0 Å². The SMILES string of the molecule is CC(=O)C=C1Sc2ccc(O)cc2N1CCO. The summed E-state index contributed by atoms with van der Waals surface area (Å²) in [6.45, 7) is 1.89. The van der Waals surface area contributed by atoms with Crippen molar-refractivity contribution in [2.24, 2.45) is 0 Å². The van der Waals surface area contributed by atoms with Gasteiger partial charge in [-0.25, -0.2) is 0 Å². The average molecular weight is 251 g/mol. The smallest absolute Gasteiger partial charge is 0.155 e. The first-order valence-electron chi connectivity index (χ1n) is 5.23. The molecule has 0 radical (unpaired) electrons. The van der Waals surface area contributed by atoms with E-state index in [9.17, 15) is 9.90 Å². The molecular weight excluding hydrogens is 238 g/mol. The highest BCUT2D eigenvalue weighted by Crippen LogP contribution is 2.46. The third-order valence-corrected chi connectivity index (χ3v) is 3.48. The van der Waals surface area contributed by atoms with Crippen LogP contribution < -0.4 is 4.90 Å². The summed E-state index contributed by atoms with van der Waals surface area (Å²) in [7, 11) is 0. The molecule has 0 unspecified atom stereocenters. The number of carbonyl (C=O) groups excluding carboxylic acids is 1. The van der Waals surface area contributed by atoms with E-state index in [4.69, 9.17) is 5.11 Å². The van der Waals surface area contributed by atoms with E-state index >= 15 is 0 Å². The number of phenolic OH excluding ortho intramolecular Hbond substituents is 1. The molecule has 0 saturated carbocycles. The minimum Gasteiger partial charge on any atom is -0.508 e. The zero-order valence-corrected chi connectivity index (χ0v) is 10.2. The number of phenols is 1. The highest BCUT2D eigenvalue weighted by molar-refractivity contribution is 8.03. The fraction of sp³-hybridized carbons (Fsp3) is 0.250. The molecule has 1 aromatic carbocycles. The van der Waals surface area contributed by atoms with Crippen molar-refractivity contribution >= 4 is 23.2 Å². The van der Waals surface area contributed by atoms with E-state index in [0.29, 0.717) is 6.54 Å². The molecule has 0 atom stereocenters. The predicted octanol–water partition coefficient (Wildman–Crippen LogP) is 1.73. The van der Waals surface area contributed by atoms with Crippen LogP contribution in [0.1, 0.15) is 6.92 Å². The van der Waals surface area contributed by atoms with Gasteiger partial charge in [-0.1, -0.05) is 11.8 Å². The van der Waals surface area contributed by atoms with E-state index in [2.05, 4.69) is 0 Å². The van der Waals surface area contributed by atoms with Crippen LogP contribution in [0.2, 0.25) is 0 Å². The van der Waals surface area contributed by atoms with Crippen LogP contribution in [0, 0.1) is 0 Å². The van der Waals surface area contributed by atoms with E-state index in [1.165, 1.54) is 24.8 Å². The summed E-state index contributed by atoms with van der Waals surface area (Å²) in [6.07, 6.45) is 1.54. The van der Waals surface area contributed by atoms with Gasteiger partial charge in [-0.15, -0.1) is 0 Å². The lowest BCUT2D eigenvalue weighted by molar-refractivity contribution is -0.112. The molecule has 0 saturated heterocycles. The molecular formula is C12H13NO3S. The molecule has 1 heterocycles. The molecule has 0 fully saturated rings. The topological polar surface area (TPSA) is 60.8 Å². The number of β-amino-alcohol motifs (C(OH)–C–C–N with tert-alkyl or cyclic N) is 1. The van der Waals surface area contributed by atoms with E-state index in [1.807, 2.05) is 4.90 Å². The summed E-state index contributed by atoms with van der Waals surface area (Å²) in [6, 6.07) is 5.05. The van der Waals surface area contributed by atoms with Gasteiger partial charge in [-0.05, 0) is 19.1 Å². The summed E-state index contributed by atoms with van der Waals surface area (Å²) < 4.78 is 0. The quantitative estimate of drug-likeness (QED) is 0.801. The number of nitrogens with zero attached hydrogens (tertiary/aromatic N) is 1. The second kappa shape index (κ2) is 4.81. The van der Waals surface area contributed by atoms with Gasteiger partial charge < -0.3 is 15.1 Å². The molecule has 1 aliphatic heterocycles. The summed E-state index contributed by atoms with van der Waals surface area (Å²) in [5, 5.41) is 19.3. The Bertz CT molecular complexity index is 485. The lowest BCUT2D eigenvalue weighted by Gasteiger charge is -2.18. The fourth-order valence-corrected chi connectivity index (χ4v) is 2.86. The Labute approximate surface area is 104 Å². The largest absolute Gasteiger partial charge is 0.508 e. The molecule has 2 rings (SSSR count). The molecule has 2 N–H and O–H groups in total. The number of aromatic hydroxyl groups is 1. The van der Waals surface area contributed by atoms with Crippen molar-refractivity contribution in [3.63, 3.8) is 0 Å². The van der Waals surface area contributed by atoms with Crippen LogP contribution in [0.4, 0.5) is 5.69 Å². The van der Waals surface area contributed by atoms with Crippen LogP contribution in [-0.4, -0.2) is 29.1 Å². The van der Waals surface area contributed by atoms with Crippen LogP contribution in [-0.2, 0) is 4.79 Å². The van der Waals surface area contributed by atoms with Gasteiger partial charge in [-0.3, -0.25) is 4.79 Å². The summed E-state index contributed by atoms with van der Waals surface area (Å²) >= 11 is 1.47. The first kappa shape index (κ1) is 12.0. The fourth-order valence-electron chi connectivity index (χ4n) is 1.70. The number of allylic oxidation sites excluding steroid dienone is 1.